The summed E-state index contributed by atoms with van der Waals surface area (Å²) in [5, 5.41) is 3.84. The van der Waals surface area contributed by atoms with Gasteiger partial charge in [0.25, 0.3) is 0 Å². The lowest BCUT2D eigenvalue weighted by molar-refractivity contribution is 0.365. The van der Waals surface area contributed by atoms with Gasteiger partial charge in [-0.25, -0.2) is 9.97 Å². The molecule has 2 rings (SSSR count). The summed E-state index contributed by atoms with van der Waals surface area (Å²) < 4.78 is 5.06. The molecule has 2 aromatic rings. The minimum Gasteiger partial charge on any atom is -0.339 e. The Hall–Kier alpha value is -1.78. The van der Waals surface area contributed by atoms with Crippen LogP contribution in [0.25, 0.3) is 11.4 Å². The van der Waals surface area contributed by atoms with Crippen molar-refractivity contribution in [3.05, 3.63) is 24.6 Å². The van der Waals surface area contributed by atoms with E-state index in [9.17, 15) is 0 Å². The summed E-state index contributed by atoms with van der Waals surface area (Å²) in [6.45, 7) is 4.00. The Bertz CT molecular complexity index is 410. The van der Waals surface area contributed by atoms with Crippen molar-refractivity contribution >= 4 is 0 Å². The zero-order chi connectivity index (χ0) is 9.97. The quantitative estimate of drug-likeness (QED) is 0.720. The van der Waals surface area contributed by atoms with Crippen molar-refractivity contribution in [3.63, 3.8) is 0 Å². The number of rotatable bonds is 2. The fraction of sp³-hybridized carbons (Fsp3) is 0.333. The van der Waals surface area contributed by atoms with Crippen molar-refractivity contribution in [1.29, 1.82) is 0 Å². The Morgan fingerprint density at radius 1 is 1.21 bits per heavy atom. The Kier molecular flexibility index (Phi) is 2.22. The maximum Gasteiger partial charge on any atom is 0.229 e. The molecular formula is C9H10N4O. The first-order chi connectivity index (χ1) is 6.77. The SMILES string of the molecule is CC(C)c1nc(-c2cncnc2)no1. The average molecular weight is 190 g/mol. The van der Waals surface area contributed by atoms with E-state index in [1.165, 1.54) is 6.33 Å². The molecule has 5 heteroatoms. The number of hydrogen-bond donors (Lipinski definition) is 0. The Morgan fingerprint density at radius 2 is 1.93 bits per heavy atom. The normalized spacial score (nSPS) is 10.8. The molecule has 0 aliphatic heterocycles. The van der Waals surface area contributed by atoms with Crippen LogP contribution in [-0.4, -0.2) is 20.1 Å². The van der Waals surface area contributed by atoms with Gasteiger partial charge in [-0.1, -0.05) is 19.0 Å². The molecule has 0 spiro atoms. The highest BCUT2D eigenvalue weighted by Crippen LogP contribution is 2.17. The molecule has 0 aliphatic rings. The smallest absolute Gasteiger partial charge is 0.229 e. The Balaban J connectivity index is 2.34. The van der Waals surface area contributed by atoms with Crippen LogP contribution in [-0.2, 0) is 0 Å². The van der Waals surface area contributed by atoms with Gasteiger partial charge in [-0.2, -0.15) is 4.98 Å². The number of nitrogens with zero attached hydrogens (tertiary/aromatic N) is 4. The van der Waals surface area contributed by atoms with E-state index in [4.69, 9.17) is 4.52 Å². The monoisotopic (exact) mass is 190 g/mol. The fourth-order valence-electron chi connectivity index (χ4n) is 1.00. The molecule has 0 aromatic carbocycles. The van der Waals surface area contributed by atoms with Crippen molar-refractivity contribution < 1.29 is 4.52 Å². The first-order valence-electron chi connectivity index (χ1n) is 4.36. The molecule has 0 saturated heterocycles. The molecule has 14 heavy (non-hydrogen) atoms. The molecule has 2 heterocycles. The van der Waals surface area contributed by atoms with Gasteiger partial charge in [-0.3, -0.25) is 0 Å². The van der Waals surface area contributed by atoms with E-state index in [0.29, 0.717) is 11.7 Å². The highest BCUT2D eigenvalue weighted by Gasteiger charge is 2.11. The number of hydrogen-bond acceptors (Lipinski definition) is 5. The third-order valence-corrected chi connectivity index (χ3v) is 1.75. The topological polar surface area (TPSA) is 64.7 Å². The zero-order valence-electron chi connectivity index (χ0n) is 8.01. The molecule has 2 aromatic heterocycles. The first kappa shape index (κ1) is 8.80. The van der Waals surface area contributed by atoms with Crippen LogP contribution < -0.4 is 0 Å². The van der Waals surface area contributed by atoms with Crippen LogP contribution in [0, 0.1) is 0 Å². The van der Waals surface area contributed by atoms with Gasteiger partial charge in [0.2, 0.25) is 11.7 Å². The van der Waals surface area contributed by atoms with Crippen LogP contribution >= 0.6 is 0 Å². The molecule has 0 aliphatic carbocycles. The molecule has 72 valence electrons. The third-order valence-electron chi connectivity index (χ3n) is 1.75. The molecule has 0 unspecified atom stereocenters. The molecule has 0 fully saturated rings. The fourth-order valence-corrected chi connectivity index (χ4v) is 1.00. The van der Waals surface area contributed by atoms with Crippen LogP contribution in [0.2, 0.25) is 0 Å². The van der Waals surface area contributed by atoms with Crippen molar-refractivity contribution in [1.82, 2.24) is 20.1 Å². The lowest BCUT2D eigenvalue weighted by Gasteiger charge is -1.92. The van der Waals surface area contributed by atoms with Gasteiger partial charge in [0.1, 0.15) is 6.33 Å². The molecule has 0 atom stereocenters. The van der Waals surface area contributed by atoms with Crippen LogP contribution in [0.4, 0.5) is 0 Å². The highest BCUT2D eigenvalue weighted by molar-refractivity contribution is 5.50. The minimum atomic E-state index is 0.237. The predicted octanol–water partition coefficient (Wildman–Crippen LogP) is 1.65. The predicted molar refractivity (Wildman–Crippen MR) is 49.4 cm³/mol. The van der Waals surface area contributed by atoms with Gasteiger partial charge < -0.3 is 4.52 Å². The molecule has 0 bridgehead atoms. The summed E-state index contributed by atoms with van der Waals surface area (Å²) >= 11 is 0. The van der Waals surface area contributed by atoms with E-state index in [1.807, 2.05) is 13.8 Å². The summed E-state index contributed by atoms with van der Waals surface area (Å²) in [5.41, 5.74) is 0.767. The summed E-state index contributed by atoms with van der Waals surface area (Å²) in [6, 6.07) is 0. The summed E-state index contributed by atoms with van der Waals surface area (Å²) in [7, 11) is 0. The maximum absolute atomic E-state index is 5.06. The van der Waals surface area contributed by atoms with E-state index in [1.54, 1.807) is 12.4 Å². The van der Waals surface area contributed by atoms with E-state index < -0.39 is 0 Å². The molecule has 0 N–H and O–H groups in total. The largest absolute Gasteiger partial charge is 0.339 e. The van der Waals surface area contributed by atoms with Gasteiger partial charge in [0.15, 0.2) is 0 Å². The van der Waals surface area contributed by atoms with Crippen molar-refractivity contribution in [2.45, 2.75) is 19.8 Å². The van der Waals surface area contributed by atoms with E-state index in [2.05, 4.69) is 20.1 Å². The first-order valence-corrected chi connectivity index (χ1v) is 4.36. The second-order valence-electron chi connectivity index (χ2n) is 3.24. The van der Waals surface area contributed by atoms with E-state index in [0.717, 1.165) is 5.56 Å². The standard InChI is InChI=1S/C9H10N4O/c1-6(2)9-12-8(13-14-9)7-3-10-5-11-4-7/h3-6H,1-2H3. The number of aromatic nitrogens is 4. The van der Waals surface area contributed by atoms with Crippen molar-refractivity contribution in [3.8, 4) is 11.4 Å². The highest BCUT2D eigenvalue weighted by atomic mass is 16.5. The lowest BCUT2D eigenvalue weighted by Crippen LogP contribution is -1.87. The second-order valence-corrected chi connectivity index (χ2v) is 3.24. The van der Waals surface area contributed by atoms with Gasteiger partial charge in [0.05, 0.1) is 5.56 Å². The van der Waals surface area contributed by atoms with Crippen LogP contribution in [0.5, 0.6) is 0 Å². The van der Waals surface area contributed by atoms with Gasteiger partial charge >= 0.3 is 0 Å². The molecule has 0 radical (unpaired) electrons. The summed E-state index contributed by atoms with van der Waals surface area (Å²) in [4.78, 5) is 12.0. The Morgan fingerprint density at radius 3 is 2.50 bits per heavy atom. The zero-order valence-corrected chi connectivity index (χ0v) is 8.01. The molecular weight excluding hydrogens is 180 g/mol. The maximum atomic E-state index is 5.06. The third kappa shape index (κ3) is 1.61. The van der Waals surface area contributed by atoms with E-state index in [-0.39, 0.29) is 5.92 Å². The van der Waals surface area contributed by atoms with Gasteiger partial charge in [-0.15, -0.1) is 0 Å². The van der Waals surface area contributed by atoms with Crippen LogP contribution in [0.3, 0.4) is 0 Å². The summed E-state index contributed by atoms with van der Waals surface area (Å²) in [5.74, 6) is 1.40. The molecule has 5 nitrogen and oxygen atoms in total. The van der Waals surface area contributed by atoms with Crippen LogP contribution in [0.15, 0.2) is 23.2 Å². The second kappa shape index (κ2) is 3.53. The van der Waals surface area contributed by atoms with Gasteiger partial charge in [-0.05, 0) is 0 Å². The molecule has 0 saturated carbocycles. The van der Waals surface area contributed by atoms with E-state index >= 15 is 0 Å². The van der Waals surface area contributed by atoms with Gasteiger partial charge in [0, 0.05) is 18.3 Å². The minimum absolute atomic E-state index is 0.237. The van der Waals surface area contributed by atoms with Crippen molar-refractivity contribution in [2.75, 3.05) is 0 Å². The molecule has 0 amide bonds. The summed E-state index contributed by atoms with van der Waals surface area (Å²) in [6.07, 6.45) is 4.77. The Labute approximate surface area is 81.2 Å². The lowest BCUT2D eigenvalue weighted by atomic mass is 10.2. The van der Waals surface area contributed by atoms with Crippen LogP contribution in [0.1, 0.15) is 25.7 Å². The average Bonchev–Trinajstić information content (AvgIpc) is 2.68. The van der Waals surface area contributed by atoms with Crippen molar-refractivity contribution in [2.24, 2.45) is 0 Å².